The molecule has 0 atom stereocenters. The van der Waals surface area contributed by atoms with Gasteiger partial charge in [-0.15, -0.1) is 0 Å². The van der Waals surface area contributed by atoms with Crippen molar-refractivity contribution in [3.63, 3.8) is 0 Å². The number of anilines is 1. The molecule has 0 spiro atoms. The number of hydrogen-bond donors (Lipinski definition) is 2. The number of thiol groups is 1. The SMILES string of the molecule is Nc1cccc(OCCS)c1. The zero-order chi connectivity index (χ0) is 8.10. The summed E-state index contributed by atoms with van der Waals surface area (Å²) in [5, 5.41) is 0. The largest absolute Gasteiger partial charge is 0.493 e. The number of ether oxygens (including phenoxy) is 1. The Bertz CT molecular complexity index is 227. The average molecular weight is 169 g/mol. The van der Waals surface area contributed by atoms with E-state index in [1.54, 1.807) is 6.07 Å². The van der Waals surface area contributed by atoms with Crippen LogP contribution in [0.5, 0.6) is 5.75 Å². The predicted molar refractivity (Wildman–Crippen MR) is 50.2 cm³/mol. The summed E-state index contributed by atoms with van der Waals surface area (Å²) in [6.07, 6.45) is 0. The quantitative estimate of drug-likeness (QED) is 0.532. The van der Waals surface area contributed by atoms with E-state index in [0.29, 0.717) is 6.61 Å². The van der Waals surface area contributed by atoms with Gasteiger partial charge in [-0.2, -0.15) is 12.6 Å². The Morgan fingerprint density at radius 1 is 1.45 bits per heavy atom. The predicted octanol–water partition coefficient (Wildman–Crippen LogP) is 1.58. The summed E-state index contributed by atoms with van der Waals surface area (Å²) in [6, 6.07) is 7.36. The molecule has 0 aliphatic carbocycles. The maximum Gasteiger partial charge on any atom is 0.121 e. The second-order valence-electron chi connectivity index (χ2n) is 2.14. The topological polar surface area (TPSA) is 35.2 Å². The molecule has 2 N–H and O–H groups in total. The second-order valence-corrected chi connectivity index (χ2v) is 2.59. The van der Waals surface area contributed by atoms with E-state index in [2.05, 4.69) is 12.6 Å². The van der Waals surface area contributed by atoms with E-state index in [4.69, 9.17) is 10.5 Å². The van der Waals surface area contributed by atoms with Crippen molar-refractivity contribution >= 4 is 18.3 Å². The molecule has 60 valence electrons. The first-order valence-corrected chi connectivity index (χ1v) is 4.05. The highest BCUT2D eigenvalue weighted by atomic mass is 32.1. The maximum atomic E-state index is 5.53. The van der Waals surface area contributed by atoms with Gasteiger partial charge < -0.3 is 10.5 Å². The van der Waals surface area contributed by atoms with E-state index in [0.717, 1.165) is 17.2 Å². The van der Waals surface area contributed by atoms with E-state index in [9.17, 15) is 0 Å². The van der Waals surface area contributed by atoms with Crippen LogP contribution in [0.1, 0.15) is 0 Å². The lowest BCUT2D eigenvalue weighted by molar-refractivity contribution is 0.344. The van der Waals surface area contributed by atoms with Gasteiger partial charge in [-0.05, 0) is 12.1 Å². The van der Waals surface area contributed by atoms with Crippen LogP contribution in [0.15, 0.2) is 24.3 Å². The Hall–Kier alpha value is -0.830. The van der Waals surface area contributed by atoms with E-state index < -0.39 is 0 Å². The third kappa shape index (κ3) is 2.72. The van der Waals surface area contributed by atoms with Crippen LogP contribution in [0.3, 0.4) is 0 Å². The van der Waals surface area contributed by atoms with Gasteiger partial charge in [-0.1, -0.05) is 6.07 Å². The van der Waals surface area contributed by atoms with Crippen molar-refractivity contribution in [2.45, 2.75) is 0 Å². The summed E-state index contributed by atoms with van der Waals surface area (Å²) >= 11 is 4.02. The van der Waals surface area contributed by atoms with Crippen LogP contribution in [0.2, 0.25) is 0 Å². The van der Waals surface area contributed by atoms with Crippen LogP contribution >= 0.6 is 12.6 Å². The molecule has 0 amide bonds. The van der Waals surface area contributed by atoms with Crippen molar-refractivity contribution in [2.75, 3.05) is 18.1 Å². The zero-order valence-electron chi connectivity index (χ0n) is 6.16. The Balaban J connectivity index is 2.56. The number of benzene rings is 1. The van der Waals surface area contributed by atoms with Crippen LogP contribution in [0, 0.1) is 0 Å². The van der Waals surface area contributed by atoms with Crippen molar-refractivity contribution in [2.24, 2.45) is 0 Å². The normalized spacial score (nSPS) is 9.55. The van der Waals surface area contributed by atoms with Gasteiger partial charge >= 0.3 is 0 Å². The van der Waals surface area contributed by atoms with Crippen molar-refractivity contribution in [3.05, 3.63) is 24.3 Å². The van der Waals surface area contributed by atoms with E-state index >= 15 is 0 Å². The highest BCUT2D eigenvalue weighted by molar-refractivity contribution is 7.80. The first-order chi connectivity index (χ1) is 5.33. The number of rotatable bonds is 3. The fourth-order valence-corrected chi connectivity index (χ4v) is 0.859. The average Bonchev–Trinajstić information content (AvgIpc) is 2.01. The fourth-order valence-electron chi connectivity index (χ4n) is 0.768. The molecule has 0 unspecified atom stereocenters. The Morgan fingerprint density at radius 3 is 2.91 bits per heavy atom. The molecule has 0 radical (unpaired) electrons. The van der Waals surface area contributed by atoms with Gasteiger partial charge in [0, 0.05) is 17.5 Å². The van der Waals surface area contributed by atoms with Crippen molar-refractivity contribution in [1.29, 1.82) is 0 Å². The Morgan fingerprint density at radius 2 is 2.27 bits per heavy atom. The van der Waals surface area contributed by atoms with Gasteiger partial charge in [-0.3, -0.25) is 0 Å². The zero-order valence-corrected chi connectivity index (χ0v) is 7.05. The molecular weight excluding hydrogens is 158 g/mol. The number of nitrogen functional groups attached to an aromatic ring is 1. The van der Waals surface area contributed by atoms with E-state index in [1.165, 1.54) is 0 Å². The molecule has 1 aromatic rings. The standard InChI is InChI=1S/C8H11NOS/c9-7-2-1-3-8(6-7)10-4-5-11/h1-3,6,11H,4-5,9H2. The smallest absolute Gasteiger partial charge is 0.121 e. The summed E-state index contributed by atoms with van der Waals surface area (Å²) in [5.41, 5.74) is 6.25. The van der Waals surface area contributed by atoms with Crippen molar-refractivity contribution in [1.82, 2.24) is 0 Å². The lowest BCUT2D eigenvalue weighted by Crippen LogP contribution is -1.98. The van der Waals surface area contributed by atoms with E-state index in [-0.39, 0.29) is 0 Å². The number of hydrogen-bond acceptors (Lipinski definition) is 3. The van der Waals surface area contributed by atoms with Crippen LogP contribution in [-0.4, -0.2) is 12.4 Å². The molecule has 0 aliphatic heterocycles. The van der Waals surface area contributed by atoms with Crippen molar-refractivity contribution in [3.8, 4) is 5.75 Å². The first kappa shape index (κ1) is 8.27. The van der Waals surface area contributed by atoms with Crippen LogP contribution in [0.25, 0.3) is 0 Å². The fraction of sp³-hybridized carbons (Fsp3) is 0.250. The summed E-state index contributed by atoms with van der Waals surface area (Å²) in [4.78, 5) is 0. The van der Waals surface area contributed by atoms with Gasteiger partial charge in [-0.25, -0.2) is 0 Å². The summed E-state index contributed by atoms with van der Waals surface area (Å²) in [5.74, 6) is 1.52. The molecule has 3 heteroatoms. The van der Waals surface area contributed by atoms with Gasteiger partial charge in [0.25, 0.3) is 0 Å². The van der Waals surface area contributed by atoms with Crippen LogP contribution < -0.4 is 10.5 Å². The Labute approximate surface area is 71.8 Å². The minimum Gasteiger partial charge on any atom is -0.493 e. The third-order valence-electron chi connectivity index (χ3n) is 1.22. The monoisotopic (exact) mass is 169 g/mol. The molecule has 0 aromatic heterocycles. The molecule has 0 aliphatic rings. The lowest BCUT2D eigenvalue weighted by Gasteiger charge is -2.03. The molecule has 0 saturated carbocycles. The molecule has 0 fully saturated rings. The molecule has 11 heavy (non-hydrogen) atoms. The minimum absolute atomic E-state index is 0.618. The maximum absolute atomic E-state index is 5.53. The third-order valence-corrected chi connectivity index (χ3v) is 1.40. The van der Waals surface area contributed by atoms with Gasteiger partial charge in [0.15, 0.2) is 0 Å². The molecule has 2 nitrogen and oxygen atoms in total. The summed E-state index contributed by atoms with van der Waals surface area (Å²) < 4.78 is 5.28. The minimum atomic E-state index is 0.618. The van der Waals surface area contributed by atoms with Gasteiger partial charge in [0.2, 0.25) is 0 Å². The molecule has 0 bridgehead atoms. The summed E-state index contributed by atoms with van der Waals surface area (Å²) in [7, 11) is 0. The molecular formula is C8H11NOS. The number of nitrogens with two attached hydrogens (primary N) is 1. The first-order valence-electron chi connectivity index (χ1n) is 3.42. The molecule has 1 aromatic carbocycles. The molecule has 0 heterocycles. The van der Waals surface area contributed by atoms with Gasteiger partial charge in [0.1, 0.15) is 5.75 Å². The molecule has 0 saturated heterocycles. The van der Waals surface area contributed by atoms with Crippen LogP contribution in [-0.2, 0) is 0 Å². The van der Waals surface area contributed by atoms with Gasteiger partial charge in [0.05, 0.1) is 6.61 Å². The van der Waals surface area contributed by atoms with Crippen LogP contribution in [0.4, 0.5) is 5.69 Å². The molecule has 1 rings (SSSR count). The highest BCUT2D eigenvalue weighted by Crippen LogP contribution is 2.13. The van der Waals surface area contributed by atoms with E-state index in [1.807, 2.05) is 18.2 Å². The summed E-state index contributed by atoms with van der Waals surface area (Å²) in [6.45, 7) is 0.618. The highest BCUT2D eigenvalue weighted by Gasteiger charge is 1.91. The van der Waals surface area contributed by atoms with Crippen molar-refractivity contribution < 1.29 is 4.74 Å². The Kier molecular flexibility index (Phi) is 3.11. The lowest BCUT2D eigenvalue weighted by atomic mass is 10.3. The second kappa shape index (κ2) is 4.13.